The van der Waals surface area contributed by atoms with Crippen LogP contribution in [0.2, 0.25) is 5.02 Å². The lowest BCUT2D eigenvalue weighted by Crippen LogP contribution is -2.31. The molecule has 9 heteroatoms. The smallest absolute Gasteiger partial charge is 0.255 e. The third-order valence-electron chi connectivity index (χ3n) is 6.45. The number of ether oxygens (including phenoxy) is 1. The molecule has 5 rings (SSSR count). The van der Waals surface area contributed by atoms with Crippen molar-refractivity contribution in [3.63, 3.8) is 0 Å². The number of halogens is 1. The van der Waals surface area contributed by atoms with Crippen LogP contribution in [0, 0.1) is 6.92 Å². The number of hydrogen-bond donors (Lipinski definition) is 2. The monoisotopic (exact) mass is 559 g/mol. The third-order valence-corrected chi connectivity index (χ3v) is 7.87. The highest BCUT2D eigenvalue weighted by molar-refractivity contribution is 7.99. The van der Waals surface area contributed by atoms with Crippen LogP contribution in [-0.4, -0.2) is 26.4 Å². The van der Waals surface area contributed by atoms with E-state index in [0.717, 1.165) is 40.2 Å². The maximum atomic E-state index is 13.7. The minimum Gasteiger partial charge on any atom is -0.489 e. The van der Waals surface area contributed by atoms with E-state index in [-0.39, 0.29) is 5.91 Å². The number of carbonyl (C=O) groups is 1. The van der Waals surface area contributed by atoms with E-state index >= 15 is 0 Å². The van der Waals surface area contributed by atoms with Gasteiger partial charge in [-0.1, -0.05) is 78.8 Å². The molecule has 39 heavy (non-hydrogen) atoms. The van der Waals surface area contributed by atoms with Gasteiger partial charge in [0, 0.05) is 27.7 Å². The predicted octanol–water partition coefficient (Wildman–Crippen LogP) is 7.25. The minimum atomic E-state index is -0.466. The molecule has 1 amide bonds. The predicted molar refractivity (Wildman–Crippen MR) is 158 cm³/mol. The number of amides is 1. The zero-order valence-electron chi connectivity index (χ0n) is 22.1. The number of allylic oxidation sites excluding steroid dienone is 1. The van der Waals surface area contributed by atoms with Crippen LogP contribution in [0.15, 0.2) is 89.2 Å². The van der Waals surface area contributed by atoms with Gasteiger partial charge in [-0.2, -0.15) is 4.98 Å². The summed E-state index contributed by atoms with van der Waals surface area (Å²) in [6.45, 7) is 6.36. The van der Waals surface area contributed by atoms with Gasteiger partial charge >= 0.3 is 0 Å². The molecule has 0 bridgehead atoms. The average molecular weight is 560 g/mol. The number of rotatable bonds is 9. The summed E-state index contributed by atoms with van der Waals surface area (Å²) in [7, 11) is 0. The number of hydrogen-bond acceptors (Lipinski definition) is 6. The van der Waals surface area contributed by atoms with Crippen molar-refractivity contribution >= 4 is 40.9 Å². The van der Waals surface area contributed by atoms with Gasteiger partial charge < -0.3 is 15.4 Å². The Hall–Kier alpha value is -3.75. The second-order valence-corrected chi connectivity index (χ2v) is 10.8. The quantitative estimate of drug-likeness (QED) is 0.210. The molecule has 0 fully saturated rings. The zero-order chi connectivity index (χ0) is 27.4. The van der Waals surface area contributed by atoms with E-state index in [1.807, 2.05) is 86.6 Å². The molecule has 0 saturated carbocycles. The van der Waals surface area contributed by atoms with Crippen molar-refractivity contribution in [2.75, 3.05) is 16.4 Å². The normalized spacial score (nSPS) is 14.5. The van der Waals surface area contributed by atoms with Gasteiger partial charge in [0.05, 0.1) is 5.57 Å². The van der Waals surface area contributed by atoms with Crippen LogP contribution in [0.3, 0.4) is 0 Å². The van der Waals surface area contributed by atoms with Crippen molar-refractivity contribution in [1.82, 2.24) is 14.8 Å². The summed E-state index contributed by atoms with van der Waals surface area (Å²) in [5, 5.41) is 12.5. The molecule has 2 heterocycles. The van der Waals surface area contributed by atoms with Crippen molar-refractivity contribution < 1.29 is 9.53 Å². The fraction of sp³-hybridized carbons (Fsp3) is 0.233. The van der Waals surface area contributed by atoms with Crippen LogP contribution >= 0.6 is 23.4 Å². The number of thioether (sulfide) groups is 1. The lowest BCUT2D eigenvalue weighted by Gasteiger charge is -2.29. The van der Waals surface area contributed by atoms with Gasteiger partial charge in [0.15, 0.2) is 0 Å². The summed E-state index contributed by atoms with van der Waals surface area (Å²) in [5.41, 5.74) is 4.89. The zero-order valence-corrected chi connectivity index (χ0v) is 23.6. The third kappa shape index (κ3) is 5.97. The van der Waals surface area contributed by atoms with Crippen LogP contribution in [0.4, 0.5) is 11.6 Å². The topological polar surface area (TPSA) is 81.1 Å². The molecule has 1 aromatic heterocycles. The van der Waals surface area contributed by atoms with Gasteiger partial charge in [-0.15, -0.1) is 5.10 Å². The Labute approximate surface area is 237 Å². The second-order valence-electron chi connectivity index (χ2n) is 9.30. The summed E-state index contributed by atoms with van der Waals surface area (Å²) < 4.78 is 7.80. The number of para-hydroxylation sites is 1. The molecule has 1 atom stereocenters. The number of nitrogens with zero attached hydrogens (tertiary/aromatic N) is 3. The van der Waals surface area contributed by atoms with Crippen molar-refractivity contribution in [2.24, 2.45) is 0 Å². The van der Waals surface area contributed by atoms with Crippen LogP contribution in [0.25, 0.3) is 0 Å². The SMILES string of the molecule is CCCSc1nc2n(n1)C(c1ccc(OCc3ccccc3Cl)cc1)C(C(=O)Nc1ccccc1C)=C(C)N2. The first kappa shape index (κ1) is 26.8. The Balaban J connectivity index is 1.46. The Bertz CT molecular complexity index is 1520. The van der Waals surface area contributed by atoms with Crippen LogP contribution in [0.1, 0.15) is 43.0 Å². The van der Waals surface area contributed by atoms with Gasteiger partial charge in [-0.3, -0.25) is 4.79 Å². The molecule has 7 nitrogen and oxygen atoms in total. The number of benzene rings is 3. The second kappa shape index (κ2) is 12.0. The molecule has 0 radical (unpaired) electrons. The van der Waals surface area contributed by atoms with Crippen LogP contribution in [-0.2, 0) is 11.4 Å². The van der Waals surface area contributed by atoms with Gasteiger partial charge in [0.25, 0.3) is 5.91 Å². The molecule has 1 aliphatic heterocycles. The highest BCUT2D eigenvalue weighted by Gasteiger charge is 2.34. The van der Waals surface area contributed by atoms with Crippen LogP contribution in [0.5, 0.6) is 5.75 Å². The Morgan fingerprint density at radius 3 is 2.56 bits per heavy atom. The highest BCUT2D eigenvalue weighted by atomic mass is 35.5. The standard InChI is InChI=1S/C30H30ClN5O2S/c1-4-17-39-30-34-29-32-20(3)26(28(37)33-25-12-8-5-9-19(25)2)27(36(29)35-30)21-13-15-23(16-14-21)38-18-22-10-6-7-11-24(22)31/h5-16,27H,4,17-18H2,1-3H3,(H,33,37)(H,32,34,35). The number of carbonyl (C=O) groups excluding carboxylic acids is 1. The summed E-state index contributed by atoms with van der Waals surface area (Å²) in [6.07, 6.45) is 1.02. The first-order chi connectivity index (χ1) is 18.9. The van der Waals surface area contributed by atoms with Gasteiger partial charge in [-0.25, -0.2) is 4.68 Å². The van der Waals surface area contributed by atoms with Gasteiger partial charge in [-0.05, 0) is 55.7 Å². The van der Waals surface area contributed by atoms with Crippen molar-refractivity contribution in [3.05, 3.63) is 106 Å². The van der Waals surface area contributed by atoms with E-state index in [9.17, 15) is 4.79 Å². The number of aromatic nitrogens is 3. The van der Waals surface area contributed by atoms with E-state index in [1.165, 1.54) is 0 Å². The first-order valence-electron chi connectivity index (χ1n) is 12.8. The molecule has 3 aromatic carbocycles. The summed E-state index contributed by atoms with van der Waals surface area (Å²) in [6, 6.07) is 22.6. The van der Waals surface area contributed by atoms with Crippen LogP contribution < -0.4 is 15.4 Å². The maximum Gasteiger partial charge on any atom is 0.255 e. The van der Waals surface area contributed by atoms with E-state index < -0.39 is 6.04 Å². The van der Waals surface area contributed by atoms with Crippen molar-refractivity contribution in [1.29, 1.82) is 0 Å². The molecule has 0 saturated heterocycles. The number of fused-ring (bicyclic) bond motifs is 1. The molecule has 200 valence electrons. The summed E-state index contributed by atoms with van der Waals surface area (Å²) >= 11 is 7.88. The maximum absolute atomic E-state index is 13.7. The fourth-order valence-corrected chi connectivity index (χ4v) is 5.29. The van der Waals surface area contributed by atoms with Gasteiger partial charge in [0.2, 0.25) is 11.1 Å². The molecule has 1 unspecified atom stereocenters. The first-order valence-corrected chi connectivity index (χ1v) is 14.2. The largest absolute Gasteiger partial charge is 0.489 e. The molecule has 0 spiro atoms. The van der Waals surface area contributed by atoms with E-state index in [0.29, 0.717) is 34.1 Å². The number of nitrogens with one attached hydrogen (secondary N) is 2. The Morgan fingerprint density at radius 1 is 1.08 bits per heavy atom. The Morgan fingerprint density at radius 2 is 1.82 bits per heavy atom. The lowest BCUT2D eigenvalue weighted by molar-refractivity contribution is -0.113. The molecule has 2 N–H and O–H groups in total. The number of aryl methyl sites for hydroxylation is 1. The number of anilines is 2. The highest BCUT2D eigenvalue weighted by Crippen LogP contribution is 2.37. The van der Waals surface area contributed by atoms with E-state index in [1.54, 1.807) is 16.4 Å². The van der Waals surface area contributed by atoms with E-state index in [2.05, 4.69) is 17.6 Å². The summed E-state index contributed by atoms with van der Waals surface area (Å²) in [4.78, 5) is 18.4. The fourth-order valence-electron chi connectivity index (χ4n) is 4.41. The summed E-state index contributed by atoms with van der Waals surface area (Å²) in [5.74, 6) is 2.04. The average Bonchev–Trinajstić information content (AvgIpc) is 3.34. The molecule has 0 aliphatic carbocycles. The molecule has 4 aromatic rings. The molecular formula is C30H30ClN5O2S. The minimum absolute atomic E-state index is 0.192. The van der Waals surface area contributed by atoms with Gasteiger partial charge in [0.1, 0.15) is 18.4 Å². The van der Waals surface area contributed by atoms with E-state index in [4.69, 9.17) is 26.4 Å². The Kier molecular flexibility index (Phi) is 8.24. The van der Waals surface area contributed by atoms with Crippen molar-refractivity contribution in [2.45, 2.75) is 45.0 Å². The molecule has 1 aliphatic rings. The molecular weight excluding hydrogens is 530 g/mol. The van der Waals surface area contributed by atoms with Crippen molar-refractivity contribution in [3.8, 4) is 5.75 Å². The lowest BCUT2D eigenvalue weighted by atomic mass is 9.95.